The largest absolute Gasteiger partial charge is 0.382 e. The van der Waals surface area contributed by atoms with Crippen molar-refractivity contribution in [2.45, 2.75) is 19.9 Å². The van der Waals surface area contributed by atoms with Gasteiger partial charge in [0.2, 0.25) is 0 Å². The molecule has 7 nitrogen and oxygen atoms in total. The molecule has 0 radical (unpaired) electrons. The van der Waals surface area contributed by atoms with Crippen molar-refractivity contribution in [2.75, 3.05) is 5.32 Å². The number of benzene rings is 2. The molecule has 0 aliphatic carbocycles. The van der Waals surface area contributed by atoms with Gasteiger partial charge in [-0.1, -0.05) is 18.2 Å². The lowest BCUT2D eigenvalue weighted by atomic mass is 10.0. The first-order chi connectivity index (χ1) is 14.6. The summed E-state index contributed by atoms with van der Waals surface area (Å²) in [6, 6.07) is 15.8. The molecule has 0 unspecified atom stereocenters. The lowest BCUT2D eigenvalue weighted by molar-refractivity contribution is 0.898. The van der Waals surface area contributed by atoms with E-state index in [1.807, 2.05) is 48.8 Å². The summed E-state index contributed by atoms with van der Waals surface area (Å²) in [5.74, 6) is 0.440. The first kappa shape index (κ1) is 18.1. The number of anilines is 1. The van der Waals surface area contributed by atoms with Crippen LogP contribution in [0.5, 0.6) is 0 Å². The quantitative estimate of drug-likeness (QED) is 0.419. The molecule has 2 aromatic carbocycles. The van der Waals surface area contributed by atoms with E-state index >= 15 is 0 Å². The normalized spacial score (nSPS) is 11.4. The number of aromatic nitrogens is 5. The first-order valence-corrected chi connectivity index (χ1v) is 9.78. The standard InChI is InChI=1S/C23H20N6O/c1-13(2)25-16-9-15(11-24-12-16)14-7-8-20-18(10-14)21(29-28-20)22-26-19-6-4-3-5-17(19)23(30)27-22/h3-13,25H,1-2H3,(H,28,29)(H,26,27,30). The maximum Gasteiger partial charge on any atom is 0.281 e. The number of nitrogens with zero attached hydrogens (tertiary/aromatic N) is 3. The molecule has 0 aliphatic heterocycles. The lowest BCUT2D eigenvalue weighted by Gasteiger charge is -2.11. The van der Waals surface area contributed by atoms with E-state index in [2.05, 4.69) is 50.4 Å². The van der Waals surface area contributed by atoms with Gasteiger partial charge in [-0.25, -0.2) is 0 Å². The number of hydrogen-bond donors (Lipinski definition) is 3. The Bertz CT molecular complexity index is 1430. The molecule has 0 fully saturated rings. The number of nitrogens with one attached hydrogen (secondary N) is 3. The zero-order valence-electron chi connectivity index (χ0n) is 16.6. The van der Waals surface area contributed by atoms with Gasteiger partial charge < -0.3 is 10.3 Å². The Morgan fingerprint density at radius 1 is 0.933 bits per heavy atom. The predicted molar refractivity (Wildman–Crippen MR) is 119 cm³/mol. The van der Waals surface area contributed by atoms with Crippen LogP contribution < -0.4 is 10.9 Å². The van der Waals surface area contributed by atoms with Crippen molar-refractivity contribution in [3.8, 4) is 22.6 Å². The van der Waals surface area contributed by atoms with E-state index in [0.29, 0.717) is 22.9 Å². The molecule has 0 saturated carbocycles. The molecule has 0 bridgehead atoms. The zero-order valence-corrected chi connectivity index (χ0v) is 16.6. The highest BCUT2D eigenvalue weighted by Crippen LogP contribution is 2.30. The molecular formula is C23H20N6O. The summed E-state index contributed by atoms with van der Waals surface area (Å²) in [7, 11) is 0. The van der Waals surface area contributed by atoms with Crippen LogP contribution >= 0.6 is 0 Å². The fourth-order valence-corrected chi connectivity index (χ4v) is 3.59. The molecule has 5 rings (SSSR count). The number of fused-ring (bicyclic) bond motifs is 2. The van der Waals surface area contributed by atoms with Crippen LogP contribution in [0.15, 0.2) is 65.7 Å². The van der Waals surface area contributed by atoms with Gasteiger partial charge in [-0.05, 0) is 49.7 Å². The van der Waals surface area contributed by atoms with E-state index in [4.69, 9.17) is 0 Å². The molecule has 3 heterocycles. The van der Waals surface area contributed by atoms with Crippen molar-refractivity contribution in [1.29, 1.82) is 0 Å². The summed E-state index contributed by atoms with van der Waals surface area (Å²) in [4.78, 5) is 24.3. The molecule has 3 N–H and O–H groups in total. The SMILES string of the molecule is CC(C)Nc1cncc(-c2ccc3[nH]nc(-c4nc(=O)c5ccccc5[nH]4)c3c2)c1. The number of hydrogen-bond acceptors (Lipinski definition) is 5. The Kier molecular flexibility index (Phi) is 4.28. The van der Waals surface area contributed by atoms with Crippen LogP contribution in [0.2, 0.25) is 0 Å². The fourth-order valence-electron chi connectivity index (χ4n) is 3.59. The van der Waals surface area contributed by atoms with Crippen LogP contribution in [0.25, 0.3) is 44.5 Å². The molecule has 0 spiro atoms. The Balaban J connectivity index is 1.63. The average molecular weight is 396 g/mol. The Morgan fingerprint density at radius 3 is 2.67 bits per heavy atom. The third-order valence-corrected chi connectivity index (χ3v) is 4.94. The topological polar surface area (TPSA) is 99.3 Å². The van der Waals surface area contributed by atoms with Gasteiger partial charge >= 0.3 is 0 Å². The fraction of sp³-hybridized carbons (Fsp3) is 0.130. The molecular weight excluding hydrogens is 376 g/mol. The number of para-hydroxylation sites is 1. The van der Waals surface area contributed by atoms with Gasteiger partial charge in [-0.3, -0.25) is 14.9 Å². The Hall–Kier alpha value is -4.00. The molecule has 0 saturated heterocycles. The van der Waals surface area contributed by atoms with Crippen molar-refractivity contribution < 1.29 is 0 Å². The number of aromatic amines is 2. The average Bonchev–Trinajstić information content (AvgIpc) is 3.17. The smallest absolute Gasteiger partial charge is 0.281 e. The monoisotopic (exact) mass is 396 g/mol. The van der Waals surface area contributed by atoms with Gasteiger partial charge in [0.25, 0.3) is 5.56 Å². The van der Waals surface area contributed by atoms with Crippen LogP contribution in [0.4, 0.5) is 5.69 Å². The van der Waals surface area contributed by atoms with Gasteiger partial charge in [0.05, 0.1) is 22.1 Å². The van der Waals surface area contributed by atoms with Gasteiger partial charge in [0, 0.05) is 29.4 Å². The second-order valence-corrected chi connectivity index (χ2v) is 7.53. The highest BCUT2D eigenvalue weighted by molar-refractivity contribution is 5.95. The van der Waals surface area contributed by atoms with Crippen molar-refractivity contribution in [3.05, 3.63) is 71.3 Å². The zero-order chi connectivity index (χ0) is 20.7. The van der Waals surface area contributed by atoms with Crippen molar-refractivity contribution in [3.63, 3.8) is 0 Å². The second-order valence-electron chi connectivity index (χ2n) is 7.53. The highest BCUT2D eigenvalue weighted by Gasteiger charge is 2.14. The van der Waals surface area contributed by atoms with E-state index in [1.54, 1.807) is 6.07 Å². The minimum atomic E-state index is -0.275. The second kappa shape index (κ2) is 7.11. The summed E-state index contributed by atoms with van der Waals surface area (Å²) < 4.78 is 0. The van der Waals surface area contributed by atoms with Crippen LogP contribution in [-0.2, 0) is 0 Å². The lowest BCUT2D eigenvalue weighted by Crippen LogP contribution is -2.09. The summed E-state index contributed by atoms with van der Waals surface area (Å²) in [5, 5.41) is 12.3. The van der Waals surface area contributed by atoms with Gasteiger partial charge in [-0.15, -0.1) is 0 Å². The summed E-state index contributed by atoms with van der Waals surface area (Å²) >= 11 is 0. The first-order valence-electron chi connectivity index (χ1n) is 9.78. The molecule has 3 aromatic heterocycles. The maximum atomic E-state index is 12.5. The maximum absolute atomic E-state index is 12.5. The summed E-state index contributed by atoms with van der Waals surface area (Å²) in [6.45, 7) is 4.18. The van der Waals surface area contributed by atoms with E-state index < -0.39 is 0 Å². The summed E-state index contributed by atoms with van der Waals surface area (Å²) in [5.41, 5.74) is 4.91. The van der Waals surface area contributed by atoms with Gasteiger partial charge in [0.1, 0.15) is 5.69 Å². The van der Waals surface area contributed by atoms with E-state index in [1.165, 1.54) is 0 Å². The van der Waals surface area contributed by atoms with E-state index in [0.717, 1.165) is 33.2 Å². The van der Waals surface area contributed by atoms with Crippen molar-refractivity contribution in [2.24, 2.45) is 0 Å². The van der Waals surface area contributed by atoms with Gasteiger partial charge in [-0.2, -0.15) is 10.1 Å². The third-order valence-electron chi connectivity index (χ3n) is 4.94. The molecule has 148 valence electrons. The minimum Gasteiger partial charge on any atom is -0.382 e. The third kappa shape index (κ3) is 3.20. The van der Waals surface area contributed by atoms with Crippen LogP contribution in [-0.4, -0.2) is 31.2 Å². The van der Waals surface area contributed by atoms with Crippen LogP contribution in [0.3, 0.4) is 0 Å². The molecule has 30 heavy (non-hydrogen) atoms. The molecule has 0 aliphatic rings. The van der Waals surface area contributed by atoms with E-state index in [9.17, 15) is 4.79 Å². The Morgan fingerprint density at radius 2 is 1.80 bits per heavy atom. The number of H-pyrrole nitrogens is 2. The molecule has 5 aromatic rings. The van der Waals surface area contributed by atoms with Crippen molar-refractivity contribution >= 4 is 27.5 Å². The number of pyridine rings is 1. The Labute approximate surface area is 172 Å². The molecule has 0 amide bonds. The molecule has 0 atom stereocenters. The van der Waals surface area contributed by atoms with Crippen molar-refractivity contribution in [1.82, 2.24) is 25.1 Å². The molecule has 7 heteroatoms. The van der Waals surface area contributed by atoms with Crippen LogP contribution in [0, 0.1) is 0 Å². The van der Waals surface area contributed by atoms with E-state index in [-0.39, 0.29) is 5.56 Å². The number of rotatable bonds is 4. The predicted octanol–water partition coefficient (Wildman–Crippen LogP) is 4.35. The highest BCUT2D eigenvalue weighted by atomic mass is 16.1. The summed E-state index contributed by atoms with van der Waals surface area (Å²) in [6.07, 6.45) is 3.65. The van der Waals surface area contributed by atoms with Crippen LogP contribution in [0.1, 0.15) is 13.8 Å². The minimum absolute atomic E-state index is 0.275. The van der Waals surface area contributed by atoms with Gasteiger partial charge in [0.15, 0.2) is 5.82 Å².